The number of hydrogen-bond donors (Lipinski definition) is 0. The number of rotatable bonds is 2. The normalized spacial score (nSPS) is 13.0. The second-order valence-electron chi connectivity index (χ2n) is 7.33. The molecule has 0 spiro atoms. The molecule has 3 aromatic rings. The van der Waals surface area contributed by atoms with E-state index in [9.17, 15) is 0 Å². The minimum atomic E-state index is 1.12. The summed E-state index contributed by atoms with van der Waals surface area (Å²) in [6.07, 6.45) is 4.49. The van der Waals surface area contributed by atoms with Gasteiger partial charge in [-0.05, 0) is 95.8 Å². The van der Waals surface area contributed by atoms with Crippen LogP contribution in [0, 0.1) is 13.8 Å². The largest absolute Gasteiger partial charge is 0.0955 e. The molecule has 0 nitrogen and oxygen atoms in total. The molecule has 0 saturated heterocycles. The van der Waals surface area contributed by atoms with Gasteiger partial charge in [-0.1, -0.05) is 60.7 Å². The van der Waals surface area contributed by atoms with Gasteiger partial charge in [-0.3, -0.25) is 0 Å². The van der Waals surface area contributed by atoms with E-state index in [1.807, 2.05) is 0 Å². The molecule has 0 heterocycles. The first kappa shape index (κ1) is 18.2. The highest BCUT2D eigenvalue weighted by Crippen LogP contribution is 2.32. The van der Waals surface area contributed by atoms with Gasteiger partial charge in [-0.15, -0.1) is 0 Å². The first-order valence-electron chi connectivity index (χ1n) is 9.26. The lowest BCUT2D eigenvalue weighted by Crippen LogP contribution is -2.28. The standard InChI is InChI=1S/C26H28/c1-9-19-20(10-2)26-22(14-12-18(8)24(26)16(5)6)21-13-11-17(7)23(15(3)4)25(19)21/h9-14H,3,5H2,1-2,4,6-8H3. The number of aryl methyl sites for hydroxylation is 2. The molecule has 0 saturated carbocycles. The Kier molecular flexibility index (Phi) is 4.63. The smallest absolute Gasteiger partial charge is 0.00247 e. The molecule has 0 aliphatic heterocycles. The first-order valence-corrected chi connectivity index (χ1v) is 9.26. The quantitative estimate of drug-likeness (QED) is 0.482. The van der Waals surface area contributed by atoms with E-state index in [1.165, 1.54) is 54.2 Å². The van der Waals surface area contributed by atoms with Crippen molar-refractivity contribution in [2.45, 2.75) is 41.5 Å². The number of allylic oxidation sites excluding steroid dienone is 2. The summed E-state index contributed by atoms with van der Waals surface area (Å²) >= 11 is 0. The van der Waals surface area contributed by atoms with Gasteiger partial charge in [-0.25, -0.2) is 0 Å². The Bertz CT molecular complexity index is 1100. The predicted octanol–water partition coefficient (Wildman–Crippen LogP) is 6.28. The summed E-state index contributed by atoms with van der Waals surface area (Å²) in [7, 11) is 0. The molecule has 0 amide bonds. The van der Waals surface area contributed by atoms with Crippen LogP contribution in [0.1, 0.15) is 49.9 Å². The SMILES string of the molecule is C=C(C)c1c(C)ccc2c1c(=CC)c(=CC)c1c(C(=C)C)c(C)ccc12. The van der Waals surface area contributed by atoms with Crippen molar-refractivity contribution in [2.24, 2.45) is 0 Å². The Morgan fingerprint density at radius 3 is 1.31 bits per heavy atom. The van der Waals surface area contributed by atoms with E-state index >= 15 is 0 Å². The Balaban J connectivity index is 2.87. The molecule has 0 fully saturated rings. The third-order valence-electron chi connectivity index (χ3n) is 5.38. The zero-order chi connectivity index (χ0) is 19.2. The first-order chi connectivity index (χ1) is 12.3. The van der Waals surface area contributed by atoms with E-state index < -0.39 is 0 Å². The van der Waals surface area contributed by atoms with Gasteiger partial charge in [0.15, 0.2) is 0 Å². The van der Waals surface area contributed by atoms with Crippen molar-refractivity contribution >= 4 is 44.8 Å². The minimum Gasteiger partial charge on any atom is -0.0955 e. The van der Waals surface area contributed by atoms with Gasteiger partial charge in [0.05, 0.1) is 0 Å². The van der Waals surface area contributed by atoms with Crippen LogP contribution in [-0.2, 0) is 0 Å². The van der Waals surface area contributed by atoms with Crippen LogP contribution >= 0.6 is 0 Å². The summed E-state index contributed by atoms with van der Waals surface area (Å²) in [6, 6.07) is 8.98. The second-order valence-corrected chi connectivity index (χ2v) is 7.33. The van der Waals surface area contributed by atoms with E-state index in [0.717, 1.165) is 11.1 Å². The summed E-state index contributed by atoms with van der Waals surface area (Å²) in [5.74, 6) is 0. The number of benzene rings is 3. The van der Waals surface area contributed by atoms with Gasteiger partial charge in [0.1, 0.15) is 0 Å². The molecular weight excluding hydrogens is 312 g/mol. The topological polar surface area (TPSA) is 0 Å². The Morgan fingerprint density at radius 2 is 1.04 bits per heavy atom. The third kappa shape index (κ3) is 2.52. The molecule has 0 aromatic heterocycles. The highest BCUT2D eigenvalue weighted by molar-refractivity contribution is 6.14. The van der Waals surface area contributed by atoms with Crippen molar-refractivity contribution in [3.8, 4) is 0 Å². The van der Waals surface area contributed by atoms with Gasteiger partial charge in [-0.2, -0.15) is 0 Å². The van der Waals surface area contributed by atoms with Gasteiger partial charge >= 0.3 is 0 Å². The maximum Gasteiger partial charge on any atom is -0.00247 e. The lowest BCUT2D eigenvalue weighted by molar-refractivity contribution is 1.42. The monoisotopic (exact) mass is 340 g/mol. The van der Waals surface area contributed by atoms with E-state index in [-0.39, 0.29) is 0 Å². The fourth-order valence-electron chi connectivity index (χ4n) is 4.39. The molecule has 0 aliphatic carbocycles. The van der Waals surface area contributed by atoms with Crippen LogP contribution in [0.15, 0.2) is 37.4 Å². The van der Waals surface area contributed by atoms with Crippen molar-refractivity contribution in [2.75, 3.05) is 0 Å². The number of hydrogen-bond acceptors (Lipinski definition) is 0. The highest BCUT2D eigenvalue weighted by Gasteiger charge is 2.15. The Hall–Kier alpha value is -2.60. The second kappa shape index (κ2) is 6.61. The maximum absolute atomic E-state index is 4.27. The van der Waals surface area contributed by atoms with Crippen LogP contribution in [0.2, 0.25) is 0 Å². The highest BCUT2D eigenvalue weighted by atomic mass is 14.2. The minimum absolute atomic E-state index is 1.12. The van der Waals surface area contributed by atoms with Crippen LogP contribution in [0.25, 0.3) is 44.8 Å². The molecule has 3 aromatic carbocycles. The molecule has 0 aliphatic rings. The summed E-state index contributed by atoms with van der Waals surface area (Å²) in [5.41, 5.74) is 7.34. The third-order valence-corrected chi connectivity index (χ3v) is 5.38. The molecule has 0 N–H and O–H groups in total. The Morgan fingerprint density at radius 1 is 0.692 bits per heavy atom. The zero-order valence-corrected chi connectivity index (χ0v) is 16.9. The molecule has 3 rings (SSSR count). The van der Waals surface area contributed by atoms with Gasteiger partial charge < -0.3 is 0 Å². The molecule has 132 valence electrons. The van der Waals surface area contributed by atoms with Crippen molar-refractivity contribution in [3.05, 3.63) is 70.1 Å². The fraction of sp³-hybridized carbons (Fsp3) is 0.231. The van der Waals surface area contributed by atoms with Gasteiger partial charge in [0, 0.05) is 0 Å². The lowest BCUT2D eigenvalue weighted by Gasteiger charge is -2.18. The molecule has 0 bridgehead atoms. The van der Waals surface area contributed by atoms with E-state index in [1.54, 1.807) is 0 Å². The van der Waals surface area contributed by atoms with E-state index in [0.29, 0.717) is 0 Å². The summed E-state index contributed by atoms with van der Waals surface area (Å²) in [5, 5.41) is 7.82. The van der Waals surface area contributed by atoms with Gasteiger partial charge in [0.2, 0.25) is 0 Å². The molecular formula is C26H28. The molecule has 26 heavy (non-hydrogen) atoms. The Labute approximate surface area is 156 Å². The van der Waals surface area contributed by atoms with Crippen LogP contribution in [0.4, 0.5) is 0 Å². The average molecular weight is 341 g/mol. The summed E-state index contributed by atoms with van der Waals surface area (Å²) in [4.78, 5) is 0. The van der Waals surface area contributed by atoms with Crippen LogP contribution in [0.3, 0.4) is 0 Å². The van der Waals surface area contributed by atoms with Crippen molar-refractivity contribution in [1.82, 2.24) is 0 Å². The number of fused-ring (bicyclic) bond motifs is 3. The van der Waals surface area contributed by atoms with E-state index in [4.69, 9.17) is 0 Å². The van der Waals surface area contributed by atoms with Gasteiger partial charge in [0.25, 0.3) is 0 Å². The predicted molar refractivity (Wildman–Crippen MR) is 120 cm³/mol. The lowest BCUT2D eigenvalue weighted by atomic mass is 9.86. The summed E-state index contributed by atoms with van der Waals surface area (Å²) in [6.45, 7) is 21.4. The zero-order valence-electron chi connectivity index (χ0n) is 16.9. The van der Waals surface area contributed by atoms with Crippen molar-refractivity contribution in [1.29, 1.82) is 0 Å². The summed E-state index contributed by atoms with van der Waals surface area (Å²) < 4.78 is 0. The maximum atomic E-state index is 4.27. The van der Waals surface area contributed by atoms with Crippen LogP contribution < -0.4 is 10.4 Å². The fourth-order valence-corrected chi connectivity index (χ4v) is 4.39. The molecule has 0 unspecified atom stereocenters. The van der Waals surface area contributed by atoms with E-state index in [2.05, 4.69) is 91.1 Å². The van der Waals surface area contributed by atoms with Crippen molar-refractivity contribution < 1.29 is 0 Å². The van der Waals surface area contributed by atoms with Crippen molar-refractivity contribution in [3.63, 3.8) is 0 Å². The average Bonchev–Trinajstić information content (AvgIpc) is 2.59. The van der Waals surface area contributed by atoms with Crippen LogP contribution in [0.5, 0.6) is 0 Å². The van der Waals surface area contributed by atoms with Crippen LogP contribution in [-0.4, -0.2) is 0 Å². The molecule has 0 heteroatoms. The molecule has 0 radical (unpaired) electrons. The molecule has 0 atom stereocenters.